The molecule has 22 heavy (non-hydrogen) atoms. The number of hydrogen-bond donors (Lipinski definition) is 1. The zero-order valence-corrected chi connectivity index (χ0v) is 14.6. The molecule has 1 amide bonds. The lowest BCUT2D eigenvalue weighted by molar-refractivity contribution is 0.103. The predicted octanol–water partition coefficient (Wildman–Crippen LogP) is 5.87. The van der Waals surface area contributed by atoms with Crippen LogP contribution in [0.1, 0.15) is 28.6 Å². The summed E-state index contributed by atoms with van der Waals surface area (Å²) in [5.41, 5.74) is 1.97. The van der Waals surface area contributed by atoms with Gasteiger partial charge < -0.3 is 5.32 Å². The number of halogens is 1. The van der Waals surface area contributed by atoms with Gasteiger partial charge in [0, 0.05) is 14.9 Å². The second-order valence-electron chi connectivity index (χ2n) is 5.12. The largest absolute Gasteiger partial charge is 0.321 e. The molecule has 0 atom stereocenters. The van der Waals surface area contributed by atoms with Gasteiger partial charge in [0.15, 0.2) is 0 Å². The van der Waals surface area contributed by atoms with E-state index in [-0.39, 0.29) is 5.91 Å². The molecule has 0 saturated heterocycles. The second kappa shape index (κ2) is 6.63. The number of nitrogens with one attached hydrogen (secondary N) is 1. The molecule has 0 unspecified atom stereocenters. The van der Waals surface area contributed by atoms with E-state index < -0.39 is 0 Å². The van der Waals surface area contributed by atoms with Gasteiger partial charge in [-0.2, -0.15) is 0 Å². The van der Waals surface area contributed by atoms with Crippen LogP contribution in [0.5, 0.6) is 0 Å². The zero-order valence-electron chi connectivity index (χ0n) is 12.2. The summed E-state index contributed by atoms with van der Waals surface area (Å²) in [5.74, 6) is -0.0252. The molecule has 0 aliphatic rings. The van der Waals surface area contributed by atoms with Crippen molar-refractivity contribution in [1.29, 1.82) is 0 Å². The quantitative estimate of drug-likeness (QED) is 0.608. The fourth-order valence-corrected chi connectivity index (χ4v) is 4.08. The van der Waals surface area contributed by atoms with Crippen LogP contribution in [0.4, 0.5) is 5.69 Å². The van der Waals surface area contributed by atoms with Gasteiger partial charge in [-0.25, -0.2) is 0 Å². The van der Waals surface area contributed by atoms with Crippen molar-refractivity contribution in [3.8, 4) is 0 Å². The molecular weight excluding hydrogens is 358 g/mol. The maximum absolute atomic E-state index is 12.7. The number of amides is 1. The Kier molecular flexibility index (Phi) is 4.60. The Labute approximate surface area is 142 Å². The summed E-state index contributed by atoms with van der Waals surface area (Å²) in [4.78, 5) is 13.5. The highest BCUT2D eigenvalue weighted by molar-refractivity contribution is 9.10. The molecule has 3 rings (SSSR count). The van der Waals surface area contributed by atoms with Gasteiger partial charge in [0.2, 0.25) is 0 Å². The van der Waals surface area contributed by atoms with Gasteiger partial charge in [-0.15, -0.1) is 11.3 Å². The number of aryl methyl sites for hydroxylation is 1. The molecule has 4 heteroatoms. The number of carbonyl (C=O) groups excluding carboxylic acids is 1. The van der Waals surface area contributed by atoms with Crippen molar-refractivity contribution < 1.29 is 4.79 Å². The number of benzene rings is 2. The molecule has 0 radical (unpaired) electrons. The Morgan fingerprint density at radius 2 is 2.00 bits per heavy atom. The molecule has 1 N–H and O–H groups in total. The van der Waals surface area contributed by atoms with E-state index in [0.717, 1.165) is 33.4 Å². The van der Waals surface area contributed by atoms with Gasteiger partial charge in [0.25, 0.3) is 5.91 Å². The summed E-state index contributed by atoms with van der Waals surface area (Å²) < 4.78 is 2.13. The van der Waals surface area contributed by atoms with E-state index >= 15 is 0 Å². The molecule has 2 aromatic carbocycles. The lowest BCUT2D eigenvalue weighted by atomic mass is 10.1. The lowest BCUT2D eigenvalue weighted by Gasteiger charge is -2.06. The normalized spacial score (nSPS) is 10.8. The average molecular weight is 374 g/mol. The van der Waals surface area contributed by atoms with E-state index in [2.05, 4.69) is 40.3 Å². The summed E-state index contributed by atoms with van der Waals surface area (Å²) in [6.07, 6.45) is 1.95. The number of carbonyl (C=O) groups is 1. The molecule has 0 fully saturated rings. The lowest BCUT2D eigenvalue weighted by Crippen LogP contribution is -2.12. The zero-order chi connectivity index (χ0) is 15.5. The number of fused-ring (bicyclic) bond motifs is 1. The molecule has 112 valence electrons. The topological polar surface area (TPSA) is 29.1 Å². The van der Waals surface area contributed by atoms with E-state index in [9.17, 15) is 4.79 Å². The number of hydrogen-bond acceptors (Lipinski definition) is 2. The Morgan fingerprint density at radius 1 is 1.18 bits per heavy atom. The van der Waals surface area contributed by atoms with Gasteiger partial charge in [-0.05, 0) is 41.6 Å². The van der Waals surface area contributed by atoms with E-state index in [1.54, 1.807) is 11.3 Å². The molecular formula is C18H16BrNOS. The first-order valence-corrected chi connectivity index (χ1v) is 8.87. The highest BCUT2D eigenvalue weighted by atomic mass is 79.9. The molecule has 0 bridgehead atoms. The molecule has 0 saturated carbocycles. The molecule has 3 aromatic rings. The Morgan fingerprint density at radius 3 is 2.77 bits per heavy atom. The minimum Gasteiger partial charge on any atom is -0.321 e. The third-order valence-electron chi connectivity index (χ3n) is 3.49. The van der Waals surface area contributed by atoms with Crippen molar-refractivity contribution in [2.45, 2.75) is 19.8 Å². The number of anilines is 1. The number of thiophene rings is 1. The van der Waals surface area contributed by atoms with Crippen molar-refractivity contribution in [1.82, 2.24) is 0 Å². The molecule has 0 aliphatic heterocycles. The first-order valence-electron chi connectivity index (χ1n) is 7.26. The molecule has 1 aromatic heterocycles. The smallest absolute Gasteiger partial charge is 0.266 e. The van der Waals surface area contributed by atoms with Crippen LogP contribution in [-0.4, -0.2) is 5.91 Å². The van der Waals surface area contributed by atoms with Crippen molar-refractivity contribution in [3.63, 3.8) is 0 Å². The second-order valence-corrected chi connectivity index (χ2v) is 7.09. The first kappa shape index (κ1) is 15.3. The SMILES string of the molecule is CCCc1c(C(=O)Nc2cccc(Br)c2)sc2ccccc12. The third kappa shape index (κ3) is 3.08. The summed E-state index contributed by atoms with van der Waals surface area (Å²) in [5, 5.41) is 4.20. The van der Waals surface area contributed by atoms with Crippen LogP contribution >= 0.6 is 27.3 Å². The number of rotatable bonds is 4. The summed E-state index contributed by atoms with van der Waals surface area (Å²) >= 11 is 5.00. The van der Waals surface area contributed by atoms with Gasteiger partial charge in [-0.1, -0.05) is 53.5 Å². The van der Waals surface area contributed by atoms with Crippen molar-refractivity contribution in [3.05, 3.63) is 63.4 Å². The molecule has 1 heterocycles. The maximum Gasteiger partial charge on any atom is 0.266 e. The van der Waals surface area contributed by atoms with E-state index in [0.29, 0.717) is 0 Å². The van der Waals surface area contributed by atoms with Crippen LogP contribution < -0.4 is 5.32 Å². The van der Waals surface area contributed by atoms with Gasteiger partial charge in [-0.3, -0.25) is 4.79 Å². The Hall–Kier alpha value is -1.65. The Bertz CT molecular complexity index is 825. The highest BCUT2D eigenvalue weighted by Gasteiger charge is 2.17. The monoisotopic (exact) mass is 373 g/mol. The van der Waals surface area contributed by atoms with E-state index in [1.807, 2.05) is 36.4 Å². The molecule has 0 spiro atoms. The fraction of sp³-hybridized carbons (Fsp3) is 0.167. The van der Waals surface area contributed by atoms with Gasteiger partial charge >= 0.3 is 0 Å². The summed E-state index contributed by atoms with van der Waals surface area (Å²) in [7, 11) is 0. The van der Waals surface area contributed by atoms with E-state index in [1.165, 1.54) is 10.1 Å². The van der Waals surface area contributed by atoms with E-state index in [4.69, 9.17) is 0 Å². The third-order valence-corrected chi connectivity index (χ3v) is 5.19. The van der Waals surface area contributed by atoms with Crippen molar-refractivity contribution >= 4 is 48.9 Å². The van der Waals surface area contributed by atoms with Gasteiger partial charge in [0.05, 0.1) is 4.88 Å². The van der Waals surface area contributed by atoms with Crippen molar-refractivity contribution in [2.24, 2.45) is 0 Å². The summed E-state index contributed by atoms with van der Waals surface area (Å²) in [6, 6.07) is 15.9. The highest BCUT2D eigenvalue weighted by Crippen LogP contribution is 2.33. The molecule has 0 aliphatic carbocycles. The van der Waals surface area contributed by atoms with Crippen LogP contribution in [-0.2, 0) is 6.42 Å². The fourth-order valence-electron chi connectivity index (χ4n) is 2.53. The van der Waals surface area contributed by atoms with Crippen molar-refractivity contribution in [2.75, 3.05) is 5.32 Å². The average Bonchev–Trinajstić information content (AvgIpc) is 2.87. The summed E-state index contributed by atoms with van der Waals surface area (Å²) in [6.45, 7) is 2.14. The standard InChI is InChI=1S/C18H16BrNOS/c1-2-6-15-14-9-3-4-10-16(14)22-17(15)18(21)20-13-8-5-7-12(19)11-13/h3-5,7-11H,2,6H2,1H3,(H,20,21). The molecule has 2 nitrogen and oxygen atoms in total. The van der Waals surface area contributed by atoms with Crippen LogP contribution in [0.25, 0.3) is 10.1 Å². The Balaban J connectivity index is 1.98. The maximum atomic E-state index is 12.7. The minimum atomic E-state index is -0.0252. The van der Waals surface area contributed by atoms with Crippen LogP contribution in [0.2, 0.25) is 0 Å². The van der Waals surface area contributed by atoms with Crippen LogP contribution in [0, 0.1) is 0 Å². The predicted molar refractivity (Wildman–Crippen MR) is 97.9 cm³/mol. The van der Waals surface area contributed by atoms with Crippen LogP contribution in [0.3, 0.4) is 0 Å². The first-order chi connectivity index (χ1) is 10.7. The van der Waals surface area contributed by atoms with Gasteiger partial charge in [0.1, 0.15) is 0 Å². The van der Waals surface area contributed by atoms with Crippen LogP contribution in [0.15, 0.2) is 53.0 Å². The minimum absolute atomic E-state index is 0.0252.